The number of amides is 1. The van der Waals surface area contributed by atoms with Crippen LogP contribution in [0.5, 0.6) is 0 Å². The third kappa shape index (κ3) is 3.12. The maximum Gasteiger partial charge on any atom is 0.411 e. The first-order chi connectivity index (χ1) is 4.72. The molecule has 0 unspecified atom stereocenters. The van der Waals surface area contributed by atoms with Crippen molar-refractivity contribution < 1.29 is 9.90 Å². The number of hydrogen-bond donors (Lipinski definition) is 1. The van der Waals surface area contributed by atoms with Crippen molar-refractivity contribution in [3.05, 3.63) is 12.3 Å². The zero-order chi connectivity index (χ0) is 7.98. The van der Waals surface area contributed by atoms with Crippen molar-refractivity contribution in [2.75, 3.05) is 6.54 Å². The summed E-state index contributed by atoms with van der Waals surface area (Å²) in [5.41, 5.74) is 0. The molecule has 1 N–H and O–H groups in total. The van der Waals surface area contributed by atoms with Gasteiger partial charge in [-0.25, -0.2) is 4.79 Å². The fraction of sp³-hybridized carbons (Fsp3) is 0.571. The average Bonchev–Trinajstić information content (AvgIpc) is 1.89. The molecule has 0 atom stereocenters. The van der Waals surface area contributed by atoms with E-state index in [-0.39, 0.29) is 0 Å². The predicted molar refractivity (Wildman–Crippen MR) is 39.8 cm³/mol. The number of carboxylic acid groups (broad SMARTS) is 1. The number of nitrogens with zero attached hydrogens (tertiary/aromatic N) is 1. The van der Waals surface area contributed by atoms with Crippen LogP contribution in [0.3, 0.4) is 0 Å². The van der Waals surface area contributed by atoms with Crippen LogP contribution < -0.4 is 0 Å². The Bertz CT molecular complexity index is 132. The van der Waals surface area contributed by atoms with Crippen molar-refractivity contribution in [3.8, 4) is 0 Å². The van der Waals surface area contributed by atoms with Gasteiger partial charge in [-0.2, -0.15) is 0 Å². The van der Waals surface area contributed by atoms with Crippen LogP contribution in [0.1, 0.15) is 20.3 Å². The molecule has 0 aromatic carbocycles. The highest BCUT2D eigenvalue weighted by atomic mass is 16.4. The van der Waals surface area contributed by atoms with Gasteiger partial charge in [0.25, 0.3) is 0 Å². The molecule has 0 radical (unpaired) electrons. The van der Waals surface area contributed by atoms with Gasteiger partial charge in [0, 0.05) is 12.7 Å². The molecule has 3 nitrogen and oxygen atoms in total. The molecule has 0 saturated carbocycles. The van der Waals surface area contributed by atoms with Gasteiger partial charge >= 0.3 is 6.09 Å². The lowest BCUT2D eigenvalue weighted by Crippen LogP contribution is -2.22. The van der Waals surface area contributed by atoms with Crippen molar-refractivity contribution in [1.82, 2.24) is 4.90 Å². The van der Waals surface area contributed by atoms with Crippen molar-refractivity contribution in [2.45, 2.75) is 20.3 Å². The van der Waals surface area contributed by atoms with E-state index in [9.17, 15) is 4.79 Å². The lowest BCUT2D eigenvalue weighted by Gasteiger charge is -2.09. The molecule has 0 aromatic heterocycles. The topological polar surface area (TPSA) is 40.5 Å². The smallest absolute Gasteiger partial charge is 0.411 e. The zero-order valence-corrected chi connectivity index (χ0v) is 6.37. The highest BCUT2D eigenvalue weighted by Gasteiger charge is 2.02. The molecule has 0 heterocycles. The Labute approximate surface area is 61.0 Å². The Morgan fingerprint density at radius 3 is 2.50 bits per heavy atom. The molecule has 0 aliphatic rings. The van der Waals surface area contributed by atoms with Crippen LogP contribution in [-0.4, -0.2) is 22.6 Å². The second-order valence-electron chi connectivity index (χ2n) is 1.86. The minimum absolute atomic E-state index is 0.506. The highest BCUT2D eigenvalue weighted by Crippen LogP contribution is 1.91. The third-order valence-corrected chi connectivity index (χ3v) is 1.11. The first-order valence-corrected chi connectivity index (χ1v) is 3.38. The summed E-state index contributed by atoms with van der Waals surface area (Å²) in [6, 6.07) is 0. The number of carbonyl (C=O) groups is 1. The Balaban J connectivity index is 3.83. The zero-order valence-electron chi connectivity index (χ0n) is 6.37. The van der Waals surface area contributed by atoms with E-state index >= 15 is 0 Å². The number of allylic oxidation sites excluding steroid dienone is 1. The lowest BCUT2D eigenvalue weighted by molar-refractivity contribution is 0.164. The quantitative estimate of drug-likeness (QED) is 0.655. The van der Waals surface area contributed by atoms with Crippen molar-refractivity contribution >= 4 is 6.09 Å². The molecular weight excluding hydrogens is 130 g/mol. The number of hydrogen-bond acceptors (Lipinski definition) is 1. The Morgan fingerprint density at radius 2 is 2.20 bits per heavy atom. The molecule has 58 valence electrons. The first-order valence-electron chi connectivity index (χ1n) is 3.38. The molecule has 0 aliphatic carbocycles. The van der Waals surface area contributed by atoms with Gasteiger partial charge in [-0.05, 0) is 13.3 Å². The van der Waals surface area contributed by atoms with E-state index in [1.54, 1.807) is 13.1 Å². The van der Waals surface area contributed by atoms with E-state index in [0.29, 0.717) is 6.54 Å². The van der Waals surface area contributed by atoms with E-state index < -0.39 is 6.09 Å². The fourth-order valence-electron chi connectivity index (χ4n) is 0.537. The van der Waals surface area contributed by atoms with Crippen LogP contribution in [0.15, 0.2) is 12.3 Å². The van der Waals surface area contributed by atoms with Gasteiger partial charge in [0.1, 0.15) is 0 Å². The predicted octanol–water partition coefficient (Wildman–Crippen LogP) is 1.91. The largest absolute Gasteiger partial charge is 0.465 e. The summed E-state index contributed by atoms with van der Waals surface area (Å²) < 4.78 is 0. The summed E-state index contributed by atoms with van der Waals surface area (Å²) in [5, 5.41) is 8.47. The normalized spacial score (nSPS) is 10.2. The Hall–Kier alpha value is -0.990. The van der Waals surface area contributed by atoms with Crippen molar-refractivity contribution in [1.29, 1.82) is 0 Å². The van der Waals surface area contributed by atoms with Crippen LogP contribution in [0.4, 0.5) is 4.79 Å². The average molecular weight is 143 g/mol. The molecule has 1 amide bonds. The molecule has 0 rings (SSSR count). The molecule has 10 heavy (non-hydrogen) atoms. The third-order valence-electron chi connectivity index (χ3n) is 1.11. The van der Waals surface area contributed by atoms with Crippen LogP contribution in [0, 0.1) is 0 Å². The SMILES string of the molecule is CCC=CN(CC)C(=O)O. The van der Waals surface area contributed by atoms with Gasteiger partial charge in [-0.15, -0.1) is 0 Å². The van der Waals surface area contributed by atoms with E-state index in [4.69, 9.17) is 5.11 Å². The Kier molecular flexibility index (Phi) is 4.37. The summed E-state index contributed by atoms with van der Waals surface area (Å²) in [6.45, 7) is 4.27. The van der Waals surface area contributed by atoms with E-state index in [2.05, 4.69) is 0 Å². The molecule has 3 heteroatoms. The first kappa shape index (κ1) is 9.01. The highest BCUT2D eigenvalue weighted by molar-refractivity contribution is 5.66. The van der Waals surface area contributed by atoms with Crippen LogP contribution >= 0.6 is 0 Å². The lowest BCUT2D eigenvalue weighted by atomic mass is 10.4. The maximum absolute atomic E-state index is 10.3. The monoisotopic (exact) mass is 143 g/mol. The molecule has 0 aromatic rings. The molecule has 0 bridgehead atoms. The van der Waals surface area contributed by atoms with Gasteiger partial charge in [-0.3, -0.25) is 4.90 Å². The second-order valence-corrected chi connectivity index (χ2v) is 1.86. The van der Waals surface area contributed by atoms with E-state index in [0.717, 1.165) is 6.42 Å². The Morgan fingerprint density at radius 1 is 1.60 bits per heavy atom. The van der Waals surface area contributed by atoms with Gasteiger partial charge in [0.05, 0.1) is 0 Å². The summed E-state index contributed by atoms with van der Waals surface area (Å²) in [6.07, 6.45) is 3.37. The molecule has 0 fully saturated rings. The standard InChI is InChI=1S/C7H13NO2/c1-3-5-6-8(4-2)7(9)10/h5-6H,3-4H2,1-2H3,(H,9,10). The minimum Gasteiger partial charge on any atom is -0.465 e. The molecule has 0 spiro atoms. The van der Waals surface area contributed by atoms with Gasteiger partial charge in [-0.1, -0.05) is 13.0 Å². The van der Waals surface area contributed by atoms with Crippen molar-refractivity contribution in [2.24, 2.45) is 0 Å². The van der Waals surface area contributed by atoms with Gasteiger partial charge < -0.3 is 5.11 Å². The minimum atomic E-state index is -0.896. The van der Waals surface area contributed by atoms with Crippen molar-refractivity contribution in [3.63, 3.8) is 0 Å². The van der Waals surface area contributed by atoms with Gasteiger partial charge in [0.2, 0.25) is 0 Å². The molecule has 0 aliphatic heterocycles. The summed E-state index contributed by atoms with van der Waals surface area (Å²) in [4.78, 5) is 11.6. The number of rotatable bonds is 3. The van der Waals surface area contributed by atoms with Crippen LogP contribution in [0.25, 0.3) is 0 Å². The van der Waals surface area contributed by atoms with Crippen LogP contribution in [0.2, 0.25) is 0 Å². The fourth-order valence-corrected chi connectivity index (χ4v) is 0.537. The van der Waals surface area contributed by atoms with Crippen LogP contribution in [-0.2, 0) is 0 Å². The molecule has 0 saturated heterocycles. The van der Waals surface area contributed by atoms with E-state index in [1.165, 1.54) is 4.90 Å². The summed E-state index contributed by atoms with van der Waals surface area (Å²) >= 11 is 0. The van der Waals surface area contributed by atoms with E-state index in [1.807, 2.05) is 13.0 Å². The maximum atomic E-state index is 10.3. The summed E-state index contributed by atoms with van der Waals surface area (Å²) in [7, 11) is 0. The summed E-state index contributed by atoms with van der Waals surface area (Å²) in [5.74, 6) is 0. The molecular formula is C7H13NO2. The van der Waals surface area contributed by atoms with Gasteiger partial charge in [0.15, 0.2) is 0 Å². The second kappa shape index (κ2) is 4.85.